The number of aryl methyl sites for hydroxylation is 1. The molecule has 0 spiro atoms. The molecule has 1 aromatic carbocycles. The number of carbonyl (C=O) groups is 1. The molecule has 0 aromatic heterocycles. The minimum Gasteiger partial charge on any atom is -0.409 e. The number of nitrogens with two attached hydrogens (primary N) is 1. The number of amides is 2. The number of carbonyl (C=O) groups excluding carboxylic acids is 1. The van der Waals surface area contributed by atoms with Gasteiger partial charge in [-0.3, -0.25) is 0 Å². The average Bonchev–Trinajstić information content (AvgIpc) is 3.26. The van der Waals surface area contributed by atoms with Crippen LogP contribution in [0.2, 0.25) is 0 Å². The predicted molar refractivity (Wildman–Crippen MR) is 78.0 cm³/mol. The van der Waals surface area contributed by atoms with E-state index in [1.165, 1.54) is 0 Å². The Hall–Kier alpha value is -2.24. The summed E-state index contributed by atoms with van der Waals surface area (Å²) in [7, 11) is 0. The second kappa shape index (κ2) is 6.27. The Morgan fingerprint density at radius 1 is 1.45 bits per heavy atom. The third-order valence-electron chi connectivity index (χ3n) is 3.29. The van der Waals surface area contributed by atoms with Crippen molar-refractivity contribution >= 4 is 17.6 Å². The quantitative estimate of drug-likeness (QED) is 0.333. The number of hydrogen-bond acceptors (Lipinski definition) is 3. The van der Waals surface area contributed by atoms with Crippen LogP contribution in [0.25, 0.3) is 0 Å². The molecule has 20 heavy (non-hydrogen) atoms. The lowest BCUT2D eigenvalue weighted by atomic mass is 10.2. The molecule has 2 amide bonds. The van der Waals surface area contributed by atoms with Gasteiger partial charge in [0, 0.05) is 24.7 Å². The van der Waals surface area contributed by atoms with E-state index in [0.717, 1.165) is 24.1 Å². The van der Waals surface area contributed by atoms with Crippen molar-refractivity contribution in [2.45, 2.75) is 32.2 Å². The van der Waals surface area contributed by atoms with Gasteiger partial charge in [-0.25, -0.2) is 4.79 Å². The Morgan fingerprint density at radius 2 is 2.10 bits per heavy atom. The zero-order valence-electron chi connectivity index (χ0n) is 11.5. The van der Waals surface area contributed by atoms with Crippen molar-refractivity contribution in [3.05, 3.63) is 29.8 Å². The van der Waals surface area contributed by atoms with E-state index in [-0.39, 0.29) is 17.9 Å². The second-order valence-corrected chi connectivity index (χ2v) is 5.06. The number of benzene rings is 1. The first-order chi connectivity index (χ1) is 9.60. The van der Waals surface area contributed by atoms with Crippen molar-refractivity contribution in [2.24, 2.45) is 10.9 Å². The molecule has 0 unspecified atom stereocenters. The van der Waals surface area contributed by atoms with E-state index in [1.54, 1.807) is 4.90 Å². The fourth-order valence-corrected chi connectivity index (χ4v) is 1.95. The lowest BCUT2D eigenvalue weighted by Crippen LogP contribution is -2.38. The molecule has 6 heteroatoms. The van der Waals surface area contributed by atoms with E-state index in [2.05, 4.69) is 10.5 Å². The highest BCUT2D eigenvalue weighted by atomic mass is 16.4. The molecular formula is C14H20N4O2. The molecular weight excluding hydrogens is 256 g/mol. The lowest BCUT2D eigenvalue weighted by Gasteiger charge is -2.22. The Kier molecular flexibility index (Phi) is 4.45. The minimum absolute atomic E-state index is 0.137. The molecule has 0 saturated heterocycles. The van der Waals surface area contributed by atoms with Crippen LogP contribution in [-0.2, 0) is 0 Å². The van der Waals surface area contributed by atoms with E-state index in [4.69, 9.17) is 10.9 Å². The normalized spacial score (nSPS) is 14.9. The number of urea groups is 1. The summed E-state index contributed by atoms with van der Waals surface area (Å²) in [4.78, 5) is 14.0. The van der Waals surface area contributed by atoms with Crippen molar-refractivity contribution in [1.82, 2.24) is 4.90 Å². The molecule has 2 rings (SSSR count). The minimum atomic E-state index is -0.137. The van der Waals surface area contributed by atoms with Gasteiger partial charge in [-0.1, -0.05) is 22.9 Å². The van der Waals surface area contributed by atoms with E-state index < -0.39 is 0 Å². The van der Waals surface area contributed by atoms with Gasteiger partial charge in [-0.2, -0.15) is 0 Å². The average molecular weight is 276 g/mol. The number of oxime groups is 1. The van der Waals surface area contributed by atoms with Crippen LogP contribution in [0.15, 0.2) is 29.4 Å². The van der Waals surface area contributed by atoms with Crippen LogP contribution in [0.1, 0.15) is 24.8 Å². The zero-order valence-corrected chi connectivity index (χ0v) is 11.5. The Morgan fingerprint density at radius 3 is 2.65 bits per heavy atom. The number of rotatable bonds is 5. The van der Waals surface area contributed by atoms with Gasteiger partial charge in [0.15, 0.2) is 0 Å². The standard InChI is InChI=1S/C14H20N4O2/c1-10-2-4-11(5-3-10)16-14(19)18(12-6-7-12)9-8-13(15)17-20/h2-5,12,20H,6-9H2,1H3,(H2,15,17)(H,16,19). The molecule has 6 nitrogen and oxygen atoms in total. The number of hydrogen-bond donors (Lipinski definition) is 3. The highest BCUT2D eigenvalue weighted by molar-refractivity contribution is 5.90. The summed E-state index contributed by atoms with van der Waals surface area (Å²) in [5, 5.41) is 14.4. The molecule has 1 fully saturated rings. The maximum absolute atomic E-state index is 12.3. The molecule has 0 heterocycles. The zero-order chi connectivity index (χ0) is 14.5. The molecule has 0 radical (unpaired) electrons. The summed E-state index contributed by atoms with van der Waals surface area (Å²) in [6.45, 7) is 2.46. The SMILES string of the molecule is Cc1ccc(NC(=O)N(CCC(N)=NO)C2CC2)cc1. The van der Waals surface area contributed by atoms with Crippen molar-refractivity contribution < 1.29 is 10.0 Å². The first-order valence-corrected chi connectivity index (χ1v) is 6.71. The van der Waals surface area contributed by atoms with E-state index in [1.807, 2.05) is 31.2 Å². The van der Waals surface area contributed by atoms with Crippen LogP contribution >= 0.6 is 0 Å². The molecule has 0 aliphatic heterocycles. The first kappa shape index (κ1) is 14.2. The summed E-state index contributed by atoms with van der Waals surface area (Å²) in [6.07, 6.45) is 2.39. The molecule has 1 aromatic rings. The lowest BCUT2D eigenvalue weighted by molar-refractivity contribution is 0.210. The van der Waals surface area contributed by atoms with Crippen LogP contribution in [0.3, 0.4) is 0 Å². The van der Waals surface area contributed by atoms with E-state index >= 15 is 0 Å². The van der Waals surface area contributed by atoms with Gasteiger partial charge in [0.05, 0.1) is 0 Å². The van der Waals surface area contributed by atoms with Crippen LogP contribution in [-0.4, -0.2) is 34.6 Å². The van der Waals surface area contributed by atoms with Gasteiger partial charge in [0.2, 0.25) is 0 Å². The molecule has 108 valence electrons. The van der Waals surface area contributed by atoms with Gasteiger partial charge < -0.3 is 21.2 Å². The van der Waals surface area contributed by atoms with Crippen LogP contribution < -0.4 is 11.1 Å². The van der Waals surface area contributed by atoms with E-state index in [0.29, 0.717) is 13.0 Å². The topological polar surface area (TPSA) is 91.0 Å². The molecule has 1 saturated carbocycles. The smallest absolute Gasteiger partial charge is 0.322 e. The predicted octanol–water partition coefficient (Wildman–Crippen LogP) is 2.13. The Labute approximate surface area is 118 Å². The van der Waals surface area contributed by atoms with Crippen molar-refractivity contribution in [3.8, 4) is 0 Å². The second-order valence-electron chi connectivity index (χ2n) is 5.06. The van der Waals surface area contributed by atoms with Crippen LogP contribution in [0.4, 0.5) is 10.5 Å². The number of amidine groups is 1. The maximum atomic E-state index is 12.3. The fraction of sp³-hybridized carbons (Fsp3) is 0.429. The number of nitrogens with one attached hydrogen (secondary N) is 1. The number of nitrogens with zero attached hydrogens (tertiary/aromatic N) is 2. The molecule has 4 N–H and O–H groups in total. The third kappa shape index (κ3) is 3.88. The number of anilines is 1. The molecule has 1 aliphatic carbocycles. The Balaban J connectivity index is 1.94. The van der Waals surface area contributed by atoms with Gasteiger partial charge >= 0.3 is 6.03 Å². The van der Waals surface area contributed by atoms with Gasteiger partial charge in [-0.15, -0.1) is 0 Å². The van der Waals surface area contributed by atoms with Crippen LogP contribution in [0, 0.1) is 6.92 Å². The summed E-state index contributed by atoms with van der Waals surface area (Å²) in [5.41, 5.74) is 7.37. The summed E-state index contributed by atoms with van der Waals surface area (Å²) < 4.78 is 0. The third-order valence-corrected chi connectivity index (χ3v) is 3.29. The van der Waals surface area contributed by atoms with Gasteiger partial charge in [-0.05, 0) is 31.9 Å². The molecule has 0 bridgehead atoms. The monoisotopic (exact) mass is 276 g/mol. The largest absolute Gasteiger partial charge is 0.409 e. The van der Waals surface area contributed by atoms with Crippen molar-refractivity contribution in [3.63, 3.8) is 0 Å². The van der Waals surface area contributed by atoms with Gasteiger partial charge in [0.25, 0.3) is 0 Å². The first-order valence-electron chi connectivity index (χ1n) is 6.71. The highest BCUT2D eigenvalue weighted by Gasteiger charge is 2.32. The van der Waals surface area contributed by atoms with Gasteiger partial charge in [0.1, 0.15) is 5.84 Å². The fourth-order valence-electron chi connectivity index (χ4n) is 1.95. The Bertz CT molecular complexity index is 494. The van der Waals surface area contributed by atoms with Crippen molar-refractivity contribution in [2.75, 3.05) is 11.9 Å². The van der Waals surface area contributed by atoms with Crippen molar-refractivity contribution in [1.29, 1.82) is 0 Å². The summed E-state index contributed by atoms with van der Waals surface area (Å²) >= 11 is 0. The summed E-state index contributed by atoms with van der Waals surface area (Å²) in [5.74, 6) is 0.138. The maximum Gasteiger partial charge on any atom is 0.322 e. The summed E-state index contributed by atoms with van der Waals surface area (Å²) in [6, 6.07) is 7.79. The molecule has 1 aliphatic rings. The molecule has 0 atom stereocenters. The highest BCUT2D eigenvalue weighted by Crippen LogP contribution is 2.27. The van der Waals surface area contributed by atoms with E-state index in [9.17, 15) is 4.79 Å². The van der Waals surface area contributed by atoms with Crippen LogP contribution in [0.5, 0.6) is 0 Å².